The highest BCUT2D eigenvalue weighted by Gasteiger charge is 2.59. The third-order valence-corrected chi connectivity index (χ3v) is 4.46. The second-order valence-corrected chi connectivity index (χ2v) is 5.67. The molecule has 0 radical (unpaired) electrons. The fraction of sp³-hybridized carbons (Fsp3) is 0.643. The van der Waals surface area contributed by atoms with Crippen LogP contribution in [-0.2, 0) is 19.1 Å². The summed E-state index contributed by atoms with van der Waals surface area (Å²) in [5.74, 6) is -1.10. The smallest absolute Gasteiger partial charge is 0.334 e. The van der Waals surface area contributed by atoms with Gasteiger partial charge in [0.2, 0.25) is 11.8 Å². The molecule has 5 atom stereocenters. The highest BCUT2D eigenvalue weighted by atomic mass is 16.5. The molecule has 3 unspecified atom stereocenters. The summed E-state index contributed by atoms with van der Waals surface area (Å²) < 4.78 is 4.80. The number of imide groups is 1. The summed E-state index contributed by atoms with van der Waals surface area (Å²) in [4.78, 5) is 36.9. The van der Waals surface area contributed by atoms with E-state index in [-0.39, 0.29) is 48.6 Å². The van der Waals surface area contributed by atoms with E-state index >= 15 is 0 Å². The molecule has 20 heavy (non-hydrogen) atoms. The van der Waals surface area contributed by atoms with E-state index in [1.807, 2.05) is 12.2 Å². The third kappa shape index (κ3) is 1.86. The van der Waals surface area contributed by atoms with Crippen molar-refractivity contribution in [1.29, 1.82) is 0 Å². The molecule has 2 amide bonds. The number of amides is 2. The molecule has 108 valence electrons. The number of aliphatic hydroxyl groups is 1. The van der Waals surface area contributed by atoms with Crippen LogP contribution in [0.3, 0.4) is 0 Å². The van der Waals surface area contributed by atoms with Gasteiger partial charge in [-0.3, -0.25) is 14.5 Å². The molecule has 1 aliphatic heterocycles. The Morgan fingerprint density at radius 1 is 1.35 bits per heavy atom. The molecule has 2 bridgehead atoms. The minimum atomic E-state index is -1.19. The predicted octanol–water partition coefficient (Wildman–Crippen LogP) is -0.283. The molecule has 6 nitrogen and oxygen atoms in total. The van der Waals surface area contributed by atoms with Crippen LogP contribution in [0.2, 0.25) is 0 Å². The molecule has 0 spiro atoms. The van der Waals surface area contributed by atoms with Crippen molar-refractivity contribution in [2.45, 2.75) is 19.4 Å². The van der Waals surface area contributed by atoms with Gasteiger partial charge < -0.3 is 9.84 Å². The summed E-state index contributed by atoms with van der Waals surface area (Å²) in [5.41, 5.74) is 0. The maximum atomic E-state index is 12.3. The van der Waals surface area contributed by atoms with E-state index in [0.717, 1.165) is 6.42 Å². The maximum Gasteiger partial charge on any atom is 0.334 e. The summed E-state index contributed by atoms with van der Waals surface area (Å²) in [7, 11) is 0. The van der Waals surface area contributed by atoms with Crippen LogP contribution in [-0.4, -0.2) is 47.0 Å². The van der Waals surface area contributed by atoms with E-state index in [9.17, 15) is 14.4 Å². The van der Waals surface area contributed by atoms with Gasteiger partial charge in [0.25, 0.3) is 0 Å². The summed E-state index contributed by atoms with van der Waals surface area (Å²) in [5, 5.41) is 9.00. The highest BCUT2D eigenvalue weighted by molar-refractivity contribution is 6.06. The second kappa shape index (κ2) is 4.70. The van der Waals surface area contributed by atoms with Crippen LogP contribution in [0.5, 0.6) is 0 Å². The minimum absolute atomic E-state index is 0.0661. The lowest BCUT2D eigenvalue weighted by Crippen LogP contribution is -2.36. The molecule has 0 aromatic rings. The Balaban J connectivity index is 1.61. The molecular weight excluding hydrogens is 262 g/mol. The van der Waals surface area contributed by atoms with Crippen LogP contribution in [0.15, 0.2) is 12.2 Å². The normalized spacial score (nSPS) is 35.6. The Hall–Kier alpha value is -1.69. The van der Waals surface area contributed by atoms with Crippen LogP contribution in [0.1, 0.15) is 13.3 Å². The Kier molecular flexibility index (Phi) is 3.12. The minimum Gasteiger partial charge on any atom is -0.462 e. The summed E-state index contributed by atoms with van der Waals surface area (Å²) in [6.07, 6.45) is 3.78. The average Bonchev–Trinajstić information content (AvgIpc) is 3.07. The highest BCUT2D eigenvalue weighted by Crippen LogP contribution is 2.52. The van der Waals surface area contributed by atoms with Gasteiger partial charge in [-0.1, -0.05) is 12.2 Å². The quantitative estimate of drug-likeness (QED) is 0.434. The number of fused-ring (bicyclic) bond motifs is 5. The van der Waals surface area contributed by atoms with E-state index < -0.39 is 12.1 Å². The van der Waals surface area contributed by atoms with Gasteiger partial charge in [0.05, 0.1) is 18.4 Å². The van der Waals surface area contributed by atoms with E-state index in [4.69, 9.17) is 9.84 Å². The summed E-state index contributed by atoms with van der Waals surface area (Å²) in [6.45, 7) is 1.31. The number of carbonyl (C=O) groups excluding carboxylic acids is 3. The number of nitrogens with zero attached hydrogens (tertiary/aromatic N) is 1. The average molecular weight is 279 g/mol. The first-order valence-corrected chi connectivity index (χ1v) is 6.89. The zero-order valence-corrected chi connectivity index (χ0v) is 11.2. The number of rotatable bonds is 4. The van der Waals surface area contributed by atoms with Crippen molar-refractivity contribution < 1.29 is 24.2 Å². The Bertz CT molecular complexity index is 468. The lowest BCUT2D eigenvalue weighted by atomic mass is 9.85. The molecule has 1 saturated carbocycles. The number of ether oxygens (including phenoxy) is 1. The molecule has 1 N–H and O–H groups in total. The molecule has 1 heterocycles. The van der Waals surface area contributed by atoms with Crippen molar-refractivity contribution in [3.63, 3.8) is 0 Å². The van der Waals surface area contributed by atoms with Crippen LogP contribution < -0.4 is 0 Å². The van der Waals surface area contributed by atoms with Crippen LogP contribution in [0.4, 0.5) is 0 Å². The molecule has 3 rings (SSSR count). The standard InChI is InChI=1S/C14H17NO5/c1-7(16)14(19)20-5-4-15-12(17)10-8-2-3-9(6-8)11(10)13(15)18/h2-3,7-11,16H,4-6H2,1H3/t7?,8?,9?,10-,11+. The van der Waals surface area contributed by atoms with E-state index in [1.54, 1.807) is 0 Å². The topological polar surface area (TPSA) is 83.9 Å². The van der Waals surface area contributed by atoms with Crippen LogP contribution >= 0.6 is 0 Å². The summed E-state index contributed by atoms with van der Waals surface area (Å²) >= 11 is 0. The van der Waals surface area contributed by atoms with Crippen LogP contribution in [0.25, 0.3) is 0 Å². The van der Waals surface area contributed by atoms with Crippen LogP contribution in [0, 0.1) is 23.7 Å². The van der Waals surface area contributed by atoms with Gasteiger partial charge in [-0.15, -0.1) is 0 Å². The monoisotopic (exact) mass is 279 g/mol. The number of carbonyl (C=O) groups is 3. The molecule has 3 aliphatic rings. The predicted molar refractivity (Wildman–Crippen MR) is 67.1 cm³/mol. The number of likely N-dealkylation sites (tertiary alicyclic amines) is 1. The van der Waals surface area contributed by atoms with Crippen molar-refractivity contribution in [2.75, 3.05) is 13.2 Å². The lowest BCUT2D eigenvalue weighted by Gasteiger charge is -2.17. The third-order valence-electron chi connectivity index (χ3n) is 4.46. The van der Waals surface area contributed by atoms with E-state index in [0.29, 0.717) is 0 Å². The number of esters is 1. The Morgan fingerprint density at radius 3 is 2.40 bits per heavy atom. The molecule has 0 aromatic carbocycles. The van der Waals surface area contributed by atoms with Gasteiger partial charge in [-0.05, 0) is 25.2 Å². The Labute approximate surface area is 116 Å². The molecule has 2 fully saturated rings. The number of allylic oxidation sites excluding steroid dienone is 2. The largest absolute Gasteiger partial charge is 0.462 e. The van der Waals surface area contributed by atoms with Crippen molar-refractivity contribution in [3.05, 3.63) is 12.2 Å². The molecule has 1 saturated heterocycles. The van der Waals surface area contributed by atoms with E-state index in [2.05, 4.69) is 0 Å². The number of aliphatic hydroxyl groups excluding tert-OH is 1. The number of hydrogen-bond acceptors (Lipinski definition) is 5. The first kappa shape index (κ1) is 13.3. The van der Waals surface area contributed by atoms with Gasteiger partial charge in [0.15, 0.2) is 0 Å². The SMILES string of the molecule is CC(O)C(=O)OCCN1C(=O)[C@@H]2C3C=CC(C3)[C@@H]2C1=O. The molecular formula is C14H17NO5. The zero-order chi connectivity index (χ0) is 14.4. The maximum absolute atomic E-state index is 12.3. The van der Waals surface area contributed by atoms with Crippen molar-refractivity contribution in [1.82, 2.24) is 4.90 Å². The molecule has 6 heteroatoms. The number of hydrogen-bond donors (Lipinski definition) is 1. The molecule has 0 aromatic heterocycles. The van der Waals surface area contributed by atoms with Gasteiger partial charge in [-0.2, -0.15) is 0 Å². The molecule has 2 aliphatic carbocycles. The lowest BCUT2D eigenvalue weighted by molar-refractivity contribution is -0.155. The Morgan fingerprint density at radius 2 is 1.90 bits per heavy atom. The van der Waals surface area contributed by atoms with Gasteiger partial charge in [0.1, 0.15) is 12.7 Å². The van der Waals surface area contributed by atoms with Crippen molar-refractivity contribution in [2.24, 2.45) is 23.7 Å². The fourth-order valence-electron chi connectivity index (χ4n) is 3.54. The summed E-state index contributed by atoms with van der Waals surface area (Å²) in [6, 6.07) is 0. The van der Waals surface area contributed by atoms with E-state index in [1.165, 1.54) is 11.8 Å². The second-order valence-electron chi connectivity index (χ2n) is 5.67. The van der Waals surface area contributed by atoms with Gasteiger partial charge in [-0.25, -0.2) is 4.79 Å². The zero-order valence-electron chi connectivity index (χ0n) is 11.2. The van der Waals surface area contributed by atoms with Crippen molar-refractivity contribution in [3.8, 4) is 0 Å². The fourth-order valence-corrected chi connectivity index (χ4v) is 3.54. The van der Waals surface area contributed by atoms with Gasteiger partial charge >= 0.3 is 5.97 Å². The first-order valence-electron chi connectivity index (χ1n) is 6.89. The van der Waals surface area contributed by atoms with Gasteiger partial charge in [0, 0.05) is 0 Å². The van der Waals surface area contributed by atoms with Crippen molar-refractivity contribution >= 4 is 17.8 Å². The first-order chi connectivity index (χ1) is 9.50.